The van der Waals surface area contributed by atoms with Crippen LogP contribution in [-0.4, -0.2) is 45.0 Å². The molecule has 0 spiro atoms. The zero-order valence-electron chi connectivity index (χ0n) is 14.1. The maximum Gasteiger partial charge on any atom is 0.435 e. The number of carbonyl (C=O) groups excluding carboxylic acids is 1. The number of ether oxygens (including phenoxy) is 1. The molecule has 2 atom stereocenters. The lowest BCUT2D eigenvalue weighted by Crippen LogP contribution is -2.76. The van der Waals surface area contributed by atoms with Crippen LogP contribution in [0, 0.1) is 5.41 Å². The second kappa shape index (κ2) is 6.32. The fourth-order valence-electron chi connectivity index (χ4n) is 3.06. The van der Waals surface area contributed by atoms with Gasteiger partial charge < -0.3 is 15.2 Å². The summed E-state index contributed by atoms with van der Waals surface area (Å²) >= 11 is 0. The second-order valence-corrected chi connectivity index (χ2v) is 6.52. The number of amides is 1. The van der Waals surface area contributed by atoms with E-state index < -0.39 is 41.2 Å². The van der Waals surface area contributed by atoms with Gasteiger partial charge in [-0.3, -0.25) is 9.48 Å². The van der Waals surface area contributed by atoms with E-state index in [1.807, 2.05) is 0 Å². The van der Waals surface area contributed by atoms with E-state index in [1.165, 1.54) is 0 Å². The van der Waals surface area contributed by atoms with Crippen LogP contribution in [0.2, 0.25) is 0 Å². The minimum atomic E-state index is -4.61. The van der Waals surface area contributed by atoms with Crippen molar-refractivity contribution in [2.45, 2.75) is 51.6 Å². The fraction of sp³-hybridized carbons (Fsp3) is 0.667. The molecule has 0 aromatic carbocycles. The van der Waals surface area contributed by atoms with E-state index in [0.717, 1.165) is 16.9 Å². The van der Waals surface area contributed by atoms with E-state index in [2.05, 4.69) is 10.4 Å². The third-order valence-electron chi connectivity index (χ3n) is 4.72. The average molecular weight is 363 g/mol. The van der Waals surface area contributed by atoms with Gasteiger partial charge >= 0.3 is 12.1 Å². The summed E-state index contributed by atoms with van der Waals surface area (Å²) in [6, 6.07) is 0.749. The molecule has 1 heterocycles. The first-order valence-electron chi connectivity index (χ1n) is 7.70. The van der Waals surface area contributed by atoms with Gasteiger partial charge in [0.15, 0.2) is 5.69 Å². The Balaban J connectivity index is 2.10. The molecule has 10 heteroatoms. The van der Waals surface area contributed by atoms with Gasteiger partial charge in [-0.05, 0) is 13.0 Å². The number of carboxylic acids is 1. The summed E-state index contributed by atoms with van der Waals surface area (Å²) in [5, 5.41) is 15.3. The molecule has 1 aliphatic carbocycles. The number of halogens is 3. The fourth-order valence-corrected chi connectivity index (χ4v) is 3.06. The van der Waals surface area contributed by atoms with Crippen molar-refractivity contribution in [2.75, 3.05) is 6.61 Å². The number of alkyl halides is 3. The molecule has 7 nitrogen and oxygen atoms in total. The quantitative estimate of drug-likeness (QED) is 0.802. The zero-order valence-corrected chi connectivity index (χ0v) is 14.1. The maximum atomic E-state index is 12.5. The number of aromatic nitrogens is 2. The molecule has 1 aromatic heterocycles. The van der Waals surface area contributed by atoms with Crippen molar-refractivity contribution in [2.24, 2.45) is 5.41 Å². The van der Waals surface area contributed by atoms with Gasteiger partial charge in [0.1, 0.15) is 12.1 Å². The van der Waals surface area contributed by atoms with E-state index in [1.54, 1.807) is 20.8 Å². The molecule has 0 radical (unpaired) electrons. The molecule has 2 rings (SSSR count). The summed E-state index contributed by atoms with van der Waals surface area (Å²) in [7, 11) is 0. The predicted molar refractivity (Wildman–Crippen MR) is 79.6 cm³/mol. The number of nitrogens with one attached hydrogen (secondary N) is 1. The minimum absolute atomic E-state index is 0.0851. The van der Waals surface area contributed by atoms with Crippen molar-refractivity contribution in [3.05, 3.63) is 18.0 Å². The van der Waals surface area contributed by atoms with Crippen LogP contribution in [-0.2, 0) is 27.0 Å². The number of hydrogen-bond donors (Lipinski definition) is 2. The van der Waals surface area contributed by atoms with Gasteiger partial charge in [0.2, 0.25) is 5.91 Å². The van der Waals surface area contributed by atoms with Crippen LogP contribution in [0.5, 0.6) is 0 Å². The van der Waals surface area contributed by atoms with E-state index >= 15 is 0 Å². The largest absolute Gasteiger partial charge is 0.479 e. The maximum absolute atomic E-state index is 12.5. The zero-order chi connectivity index (χ0) is 19.0. The Bertz CT molecular complexity index is 671. The minimum Gasteiger partial charge on any atom is -0.479 e. The number of carboxylic acid groups (broad SMARTS) is 1. The summed E-state index contributed by atoms with van der Waals surface area (Å²) in [6.07, 6.45) is -3.84. The first-order chi connectivity index (χ1) is 11.4. The van der Waals surface area contributed by atoms with Crippen molar-refractivity contribution in [1.29, 1.82) is 0 Å². The Hall–Kier alpha value is -2.10. The molecule has 0 saturated heterocycles. The summed E-state index contributed by atoms with van der Waals surface area (Å²) in [5.41, 5.74) is -3.52. The Morgan fingerprint density at radius 1 is 1.48 bits per heavy atom. The molecule has 2 unspecified atom stereocenters. The Kier molecular flexibility index (Phi) is 4.86. The first kappa shape index (κ1) is 19.2. The van der Waals surface area contributed by atoms with Crippen LogP contribution in [0.25, 0.3) is 0 Å². The average Bonchev–Trinajstić information content (AvgIpc) is 2.94. The number of aliphatic carboxylic acids is 1. The van der Waals surface area contributed by atoms with Gasteiger partial charge in [-0.25, -0.2) is 4.79 Å². The molecule has 140 valence electrons. The summed E-state index contributed by atoms with van der Waals surface area (Å²) < 4.78 is 43.9. The Morgan fingerprint density at radius 2 is 2.12 bits per heavy atom. The lowest BCUT2D eigenvalue weighted by molar-refractivity contribution is -0.194. The predicted octanol–water partition coefficient (Wildman–Crippen LogP) is 1.68. The highest BCUT2D eigenvalue weighted by atomic mass is 19.4. The molecule has 1 fully saturated rings. The van der Waals surface area contributed by atoms with Crippen LogP contribution in [0.3, 0.4) is 0 Å². The number of carbonyl (C=O) groups is 2. The summed E-state index contributed by atoms with van der Waals surface area (Å²) in [5.74, 6) is -1.94. The van der Waals surface area contributed by atoms with Gasteiger partial charge in [-0.1, -0.05) is 13.8 Å². The molecule has 0 bridgehead atoms. The van der Waals surface area contributed by atoms with Gasteiger partial charge in [0, 0.05) is 24.6 Å². The number of hydrogen-bond acceptors (Lipinski definition) is 4. The lowest BCUT2D eigenvalue weighted by Gasteiger charge is -2.58. The second-order valence-electron chi connectivity index (χ2n) is 6.52. The van der Waals surface area contributed by atoms with E-state index in [-0.39, 0.29) is 12.5 Å². The van der Waals surface area contributed by atoms with Gasteiger partial charge in [-0.15, -0.1) is 0 Å². The first-order valence-corrected chi connectivity index (χ1v) is 7.70. The molecule has 1 aliphatic rings. The topological polar surface area (TPSA) is 93.5 Å². The standard InChI is InChI=1S/C15H20F3N3O4/c1-4-25-10-7-14(12(23)24,13(10,2)3)19-11(22)8-21-6-5-9(20-21)15(16,17)18/h5-6,10H,4,7-8H2,1-3H3,(H,19,22)(H,23,24). The van der Waals surface area contributed by atoms with E-state index in [9.17, 15) is 27.9 Å². The molecule has 1 aromatic rings. The van der Waals surface area contributed by atoms with Crippen molar-refractivity contribution < 1.29 is 32.6 Å². The number of nitrogens with zero attached hydrogens (tertiary/aromatic N) is 2. The molecule has 0 aliphatic heterocycles. The molecule has 1 amide bonds. The smallest absolute Gasteiger partial charge is 0.435 e. The van der Waals surface area contributed by atoms with Crippen molar-refractivity contribution in [3.8, 4) is 0 Å². The van der Waals surface area contributed by atoms with Crippen LogP contribution in [0.4, 0.5) is 13.2 Å². The van der Waals surface area contributed by atoms with Crippen LogP contribution < -0.4 is 5.32 Å². The monoisotopic (exact) mass is 363 g/mol. The lowest BCUT2D eigenvalue weighted by atomic mass is 9.54. The van der Waals surface area contributed by atoms with Crippen molar-refractivity contribution in [3.63, 3.8) is 0 Å². The molecular weight excluding hydrogens is 343 g/mol. The molecule has 1 saturated carbocycles. The Morgan fingerprint density at radius 3 is 2.56 bits per heavy atom. The van der Waals surface area contributed by atoms with Crippen LogP contribution in [0.15, 0.2) is 12.3 Å². The Labute approximate surface area is 142 Å². The molecule has 2 N–H and O–H groups in total. The van der Waals surface area contributed by atoms with E-state index in [4.69, 9.17) is 4.74 Å². The summed E-state index contributed by atoms with van der Waals surface area (Å²) in [4.78, 5) is 23.9. The van der Waals surface area contributed by atoms with Gasteiger partial charge in [0.05, 0.1) is 6.10 Å². The third kappa shape index (κ3) is 3.35. The highest BCUT2D eigenvalue weighted by Gasteiger charge is 2.66. The van der Waals surface area contributed by atoms with Crippen LogP contribution >= 0.6 is 0 Å². The number of rotatable bonds is 6. The summed E-state index contributed by atoms with van der Waals surface area (Å²) in [6.45, 7) is 5.01. The van der Waals surface area contributed by atoms with Crippen molar-refractivity contribution in [1.82, 2.24) is 15.1 Å². The normalized spacial score (nSPS) is 25.3. The highest BCUT2D eigenvalue weighted by molar-refractivity contribution is 5.89. The van der Waals surface area contributed by atoms with Crippen molar-refractivity contribution >= 4 is 11.9 Å². The SMILES string of the molecule is CCOC1CC(NC(=O)Cn2ccc(C(F)(F)F)n2)(C(=O)O)C1(C)C. The highest BCUT2D eigenvalue weighted by Crippen LogP contribution is 2.51. The molecular formula is C15H20F3N3O4. The van der Waals surface area contributed by atoms with Gasteiger partial charge in [-0.2, -0.15) is 18.3 Å². The molecule has 25 heavy (non-hydrogen) atoms. The third-order valence-corrected chi connectivity index (χ3v) is 4.72. The van der Waals surface area contributed by atoms with Gasteiger partial charge in [0.25, 0.3) is 0 Å². The van der Waals surface area contributed by atoms with E-state index in [0.29, 0.717) is 6.61 Å². The van der Waals surface area contributed by atoms with Crippen LogP contribution in [0.1, 0.15) is 32.9 Å².